The highest BCUT2D eigenvalue weighted by molar-refractivity contribution is 5.72. The highest BCUT2D eigenvalue weighted by Gasteiger charge is 2.20. The number of halogens is 2. The van der Waals surface area contributed by atoms with Gasteiger partial charge < -0.3 is 14.8 Å². The van der Waals surface area contributed by atoms with Gasteiger partial charge in [0.05, 0.1) is 19.2 Å². The number of alkyl halides is 2. The van der Waals surface area contributed by atoms with Crippen molar-refractivity contribution >= 4 is 11.9 Å². The first-order chi connectivity index (χ1) is 8.45. The first-order valence-electron chi connectivity index (χ1n) is 5.21. The fraction of sp³-hybridized carbons (Fsp3) is 0.455. The number of hydrogen-bond donors (Lipinski definition) is 2. The number of hydrogen-bond acceptors (Lipinski definition) is 3. The summed E-state index contributed by atoms with van der Waals surface area (Å²) in [7, 11) is 1.22. The molecule has 0 amide bonds. The van der Waals surface area contributed by atoms with Gasteiger partial charge >= 0.3 is 11.9 Å². The topological polar surface area (TPSA) is 79.4 Å². The van der Waals surface area contributed by atoms with E-state index in [1.165, 1.54) is 13.3 Å². The minimum Gasteiger partial charge on any atom is -0.481 e. The number of nitrogens with one attached hydrogen (secondary N) is 1. The zero-order valence-corrected chi connectivity index (χ0v) is 9.70. The summed E-state index contributed by atoms with van der Waals surface area (Å²) < 4.78 is 29.7. The van der Waals surface area contributed by atoms with E-state index in [2.05, 4.69) is 9.72 Å². The first kappa shape index (κ1) is 14.1. The molecule has 0 bridgehead atoms. The summed E-state index contributed by atoms with van der Waals surface area (Å²) in [6.07, 6.45) is -1.78. The molecule has 7 heteroatoms. The van der Waals surface area contributed by atoms with Crippen molar-refractivity contribution < 1.29 is 28.2 Å². The molecule has 0 radical (unpaired) electrons. The number of aromatic amines is 1. The quantitative estimate of drug-likeness (QED) is 0.763. The number of aromatic nitrogens is 1. The van der Waals surface area contributed by atoms with E-state index in [0.717, 1.165) is 0 Å². The maximum atomic E-state index is 12.6. The van der Waals surface area contributed by atoms with Crippen LogP contribution < -0.4 is 0 Å². The number of aryl methyl sites for hydroxylation is 1. The number of esters is 1. The molecule has 0 spiro atoms. The third-order valence-electron chi connectivity index (χ3n) is 2.49. The summed E-state index contributed by atoms with van der Waals surface area (Å²) in [5, 5.41) is 8.69. The van der Waals surface area contributed by atoms with Crippen molar-refractivity contribution in [1.82, 2.24) is 4.98 Å². The normalized spacial score (nSPS) is 10.7. The van der Waals surface area contributed by atoms with Crippen molar-refractivity contribution in [1.29, 1.82) is 0 Å². The van der Waals surface area contributed by atoms with Crippen molar-refractivity contribution in [2.45, 2.75) is 25.7 Å². The van der Waals surface area contributed by atoms with Crippen LogP contribution in [0, 0.1) is 0 Å². The van der Waals surface area contributed by atoms with Gasteiger partial charge in [0, 0.05) is 12.6 Å². The van der Waals surface area contributed by atoms with Crippen LogP contribution in [0.25, 0.3) is 0 Å². The zero-order valence-electron chi connectivity index (χ0n) is 9.70. The summed E-state index contributed by atoms with van der Waals surface area (Å²) in [5.74, 6) is -1.67. The lowest BCUT2D eigenvalue weighted by Crippen LogP contribution is -2.07. The van der Waals surface area contributed by atoms with Gasteiger partial charge in [0.2, 0.25) is 0 Å². The SMILES string of the molecule is COC(=O)CCc1c[nH]c(C(F)F)c1CC(=O)O. The first-order valence-corrected chi connectivity index (χ1v) is 5.21. The Balaban J connectivity index is 2.89. The molecule has 18 heavy (non-hydrogen) atoms. The van der Waals surface area contributed by atoms with E-state index in [0.29, 0.717) is 5.56 Å². The molecule has 0 saturated heterocycles. The highest BCUT2D eigenvalue weighted by Crippen LogP contribution is 2.26. The Morgan fingerprint density at radius 1 is 1.50 bits per heavy atom. The van der Waals surface area contributed by atoms with E-state index in [1.54, 1.807) is 0 Å². The second-order valence-corrected chi connectivity index (χ2v) is 3.65. The highest BCUT2D eigenvalue weighted by atomic mass is 19.3. The maximum Gasteiger partial charge on any atom is 0.307 e. The predicted octanol–water partition coefficient (Wildman–Crippen LogP) is 1.68. The van der Waals surface area contributed by atoms with Crippen molar-refractivity contribution in [2.24, 2.45) is 0 Å². The molecule has 2 N–H and O–H groups in total. The van der Waals surface area contributed by atoms with Crippen LogP contribution in [0.4, 0.5) is 8.78 Å². The minimum absolute atomic E-state index is 0.0175. The minimum atomic E-state index is -2.77. The number of carbonyl (C=O) groups is 2. The predicted molar refractivity (Wildman–Crippen MR) is 57.4 cm³/mol. The van der Waals surface area contributed by atoms with Crippen LogP contribution in [0.2, 0.25) is 0 Å². The van der Waals surface area contributed by atoms with Crippen LogP contribution in [-0.4, -0.2) is 29.1 Å². The Morgan fingerprint density at radius 2 is 2.17 bits per heavy atom. The van der Waals surface area contributed by atoms with E-state index >= 15 is 0 Å². The Morgan fingerprint density at radius 3 is 2.67 bits per heavy atom. The molecule has 0 aliphatic rings. The number of aliphatic carboxylic acids is 1. The molecule has 0 atom stereocenters. The lowest BCUT2D eigenvalue weighted by molar-refractivity contribution is -0.140. The van der Waals surface area contributed by atoms with Gasteiger partial charge in [-0.25, -0.2) is 8.78 Å². The molecular weight excluding hydrogens is 248 g/mol. The van der Waals surface area contributed by atoms with E-state index < -0.39 is 30.5 Å². The van der Waals surface area contributed by atoms with Gasteiger partial charge in [0.1, 0.15) is 0 Å². The molecule has 0 unspecified atom stereocenters. The van der Waals surface area contributed by atoms with E-state index in [9.17, 15) is 18.4 Å². The summed E-state index contributed by atoms with van der Waals surface area (Å²) in [4.78, 5) is 24.0. The summed E-state index contributed by atoms with van der Waals surface area (Å²) in [6, 6.07) is 0. The monoisotopic (exact) mass is 261 g/mol. The molecule has 1 heterocycles. The average Bonchev–Trinajstić information content (AvgIpc) is 2.68. The maximum absolute atomic E-state index is 12.6. The molecule has 0 aromatic carbocycles. The lowest BCUT2D eigenvalue weighted by Gasteiger charge is -2.04. The third-order valence-corrected chi connectivity index (χ3v) is 2.49. The van der Waals surface area contributed by atoms with Gasteiger partial charge in [-0.05, 0) is 17.5 Å². The number of methoxy groups -OCH3 is 1. The number of carboxylic acids is 1. The summed E-state index contributed by atoms with van der Waals surface area (Å²) in [5.41, 5.74) is 0.0387. The van der Waals surface area contributed by atoms with E-state index in [4.69, 9.17) is 5.11 Å². The largest absolute Gasteiger partial charge is 0.481 e. The molecule has 0 saturated carbocycles. The molecule has 1 rings (SSSR count). The van der Waals surface area contributed by atoms with Gasteiger partial charge in [-0.3, -0.25) is 9.59 Å². The number of rotatable bonds is 6. The van der Waals surface area contributed by atoms with Crippen molar-refractivity contribution in [3.05, 3.63) is 23.0 Å². The Hall–Kier alpha value is -1.92. The fourth-order valence-corrected chi connectivity index (χ4v) is 1.63. The molecule has 0 aliphatic heterocycles. The Kier molecular flexibility index (Phi) is 4.82. The van der Waals surface area contributed by atoms with Crippen LogP contribution in [0.3, 0.4) is 0 Å². The summed E-state index contributed by atoms with van der Waals surface area (Å²) in [6.45, 7) is 0. The molecule has 0 fully saturated rings. The number of H-pyrrole nitrogens is 1. The molecule has 5 nitrogen and oxygen atoms in total. The third kappa shape index (κ3) is 3.54. The second kappa shape index (κ2) is 6.13. The molecule has 1 aromatic rings. The van der Waals surface area contributed by atoms with Gasteiger partial charge in [0.25, 0.3) is 6.43 Å². The number of ether oxygens (including phenoxy) is 1. The summed E-state index contributed by atoms with van der Waals surface area (Å²) >= 11 is 0. The van der Waals surface area contributed by atoms with Crippen LogP contribution in [0.5, 0.6) is 0 Å². The standard InChI is InChI=1S/C11H13F2NO4/c1-18-9(17)3-2-6-5-14-10(11(12)13)7(6)4-8(15)16/h5,11,14H,2-4H2,1H3,(H,15,16). The van der Waals surface area contributed by atoms with Crippen LogP contribution in [0.1, 0.15) is 29.7 Å². The van der Waals surface area contributed by atoms with Crippen LogP contribution >= 0.6 is 0 Å². The molecular formula is C11H13F2NO4. The number of carbonyl (C=O) groups excluding carboxylic acids is 1. The molecule has 100 valence electrons. The van der Waals surface area contributed by atoms with Crippen molar-refractivity contribution in [2.75, 3.05) is 7.11 Å². The lowest BCUT2D eigenvalue weighted by atomic mass is 10.0. The average molecular weight is 261 g/mol. The zero-order chi connectivity index (χ0) is 13.7. The van der Waals surface area contributed by atoms with Gasteiger partial charge in [0.15, 0.2) is 0 Å². The fourth-order valence-electron chi connectivity index (χ4n) is 1.63. The van der Waals surface area contributed by atoms with Crippen LogP contribution in [0.15, 0.2) is 6.20 Å². The van der Waals surface area contributed by atoms with E-state index in [1.807, 2.05) is 0 Å². The number of carboxylic acid groups (broad SMARTS) is 1. The van der Waals surface area contributed by atoms with E-state index in [-0.39, 0.29) is 18.4 Å². The van der Waals surface area contributed by atoms with Gasteiger partial charge in [-0.2, -0.15) is 0 Å². The van der Waals surface area contributed by atoms with Crippen molar-refractivity contribution in [3.8, 4) is 0 Å². The Labute approximate surface area is 102 Å². The molecule has 1 aromatic heterocycles. The van der Waals surface area contributed by atoms with Crippen molar-refractivity contribution in [3.63, 3.8) is 0 Å². The van der Waals surface area contributed by atoms with Gasteiger partial charge in [-0.15, -0.1) is 0 Å². The smallest absolute Gasteiger partial charge is 0.307 e. The second-order valence-electron chi connectivity index (χ2n) is 3.65. The Bertz CT molecular complexity index is 442. The molecule has 0 aliphatic carbocycles. The van der Waals surface area contributed by atoms with Crippen LogP contribution in [-0.2, 0) is 27.2 Å². The van der Waals surface area contributed by atoms with Gasteiger partial charge in [-0.1, -0.05) is 0 Å².